The van der Waals surface area contributed by atoms with Gasteiger partial charge in [0.1, 0.15) is 5.82 Å². The normalized spacial score (nSPS) is 15.6. The number of anilines is 1. The molecule has 1 aromatic heterocycles. The third-order valence-electron chi connectivity index (χ3n) is 5.39. The largest absolute Gasteiger partial charge is 0.345 e. The summed E-state index contributed by atoms with van der Waals surface area (Å²) in [6.07, 6.45) is 2.29. The number of hydrogen-bond donors (Lipinski definition) is 1. The molecule has 1 N–H and O–H groups in total. The summed E-state index contributed by atoms with van der Waals surface area (Å²) in [4.78, 5) is 30.5. The highest BCUT2D eigenvalue weighted by Crippen LogP contribution is 2.26. The lowest BCUT2D eigenvalue weighted by molar-refractivity contribution is -0.120. The molecule has 1 fully saturated rings. The van der Waals surface area contributed by atoms with Crippen molar-refractivity contribution in [3.05, 3.63) is 40.8 Å². The van der Waals surface area contributed by atoms with Gasteiger partial charge in [0.25, 0.3) is 15.9 Å². The molecule has 1 saturated heterocycles. The highest BCUT2D eigenvalue weighted by molar-refractivity contribution is 7.89. The van der Waals surface area contributed by atoms with Crippen molar-refractivity contribution in [1.82, 2.24) is 18.8 Å². The minimum atomic E-state index is -3.69. The van der Waals surface area contributed by atoms with Crippen molar-refractivity contribution in [2.75, 3.05) is 32.5 Å². The van der Waals surface area contributed by atoms with E-state index in [1.54, 1.807) is 50.8 Å². The Morgan fingerprint density at radius 1 is 1.23 bits per heavy atom. The van der Waals surface area contributed by atoms with Crippen LogP contribution in [-0.2, 0) is 21.9 Å². The second kappa shape index (κ2) is 8.97. The van der Waals surface area contributed by atoms with Gasteiger partial charge in [-0.15, -0.1) is 0 Å². The van der Waals surface area contributed by atoms with Crippen LogP contribution in [0.25, 0.3) is 0 Å². The highest BCUT2D eigenvalue weighted by atomic mass is 35.5. The number of piperidine rings is 1. The summed E-state index contributed by atoms with van der Waals surface area (Å²) in [5, 5.41) is 3.15. The summed E-state index contributed by atoms with van der Waals surface area (Å²) in [6, 6.07) is 4.75. The van der Waals surface area contributed by atoms with Crippen molar-refractivity contribution in [3.63, 3.8) is 0 Å². The molecule has 3 rings (SSSR count). The number of carbonyl (C=O) groups is 2. The molecular weight excluding hydrogens is 442 g/mol. The maximum atomic E-state index is 12.8. The Morgan fingerprint density at radius 2 is 1.87 bits per heavy atom. The van der Waals surface area contributed by atoms with E-state index >= 15 is 0 Å². The second-order valence-electron chi connectivity index (χ2n) is 7.80. The molecule has 0 radical (unpaired) electrons. The van der Waals surface area contributed by atoms with Crippen molar-refractivity contribution >= 4 is 39.1 Å². The van der Waals surface area contributed by atoms with E-state index in [9.17, 15) is 18.0 Å². The molecule has 0 spiro atoms. The Balaban J connectivity index is 1.64. The first-order chi connectivity index (χ1) is 14.5. The Morgan fingerprint density at radius 3 is 2.42 bits per heavy atom. The maximum Gasteiger partial charge on any atom is 0.262 e. The molecule has 0 aliphatic carbocycles. The number of rotatable bonds is 5. The van der Waals surface area contributed by atoms with E-state index in [4.69, 9.17) is 11.6 Å². The molecule has 0 unspecified atom stereocenters. The number of imidazole rings is 1. The van der Waals surface area contributed by atoms with Crippen LogP contribution in [0.15, 0.2) is 29.4 Å². The molecule has 2 aromatic rings. The number of hydrogen-bond acceptors (Lipinski definition) is 5. The lowest BCUT2D eigenvalue weighted by Crippen LogP contribution is -2.41. The van der Waals surface area contributed by atoms with Crippen LogP contribution in [0, 0.1) is 12.8 Å². The quantitative estimate of drug-likeness (QED) is 0.725. The van der Waals surface area contributed by atoms with E-state index in [0.29, 0.717) is 34.9 Å². The monoisotopic (exact) mass is 467 g/mol. The van der Waals surface area contributed by atoms with Gasteiger partial charge in [-0.1, -0.05) is 11.6 Å². The molecule has 11 heteroatoms. The number of carbonyl (C=O) groups excluding carboxylic acids is 2. The first-order valence-electron chi connectivity index (χ1n) is 9.83. The average molecular weight is 468 g/mol. The molecule has 1 aromatic carbocycles. The fourth-order valence-corrected chi connectivity index (χ4v) is 5.09. The first-order valence-corrected chi connectivity index (χ1v) is 11.6. The topological polar surface area (TPSA) is 105 Å². The van der Waals surface area contributed by atoms with Crippen LogP contribution in [0.3, 0.4) is 0 Å². The van der Waals surface area contributed by atoms with Gasteiger partial charge in [0, 0.05) is 52.0 Å². The molecule has 31 heavy (non-hydrogen) atoms. The van der Waals surface area contributed by atoms with Gasteiger partial charge >= 0.3 is 0 Å². The maximum absolute atomic E-state index is 12.8. The molecular formula is C20H26ClN5O4S. The second-order valence-corrected chi connectivity index (χ2v) is 10.1. The number of sulfonamides is 1. The fraction of sp³-hybridized carbons (Fsp3) is 0.450. The zero-order valence-electron chi connectivity index (χ0n) is 17.9. The van der Waals surface area contributed by atoms with Gasteiger partial charge in [-0.3, -0.25) is 9.59 Å². The van der Waals surface area contributed by atoms with Crippen molar-refractivity contribution < 1.29 is 18.0 Å². The van der Waals surface area contributed by atoms with Crippen LogP contribution in [0.1, 0.15) is 29.0 Å². The van der Waals surface area contributed by atoms with Crippen molar-refractivity contribution in [3.8, 4) is 0 Å². The number of aryl methyl sites for hydroxylation is 2. The zero-order valence-corrected chi connectivity index (χ0v) is 19.5. The summed E-state index contributed by atoms with van der Waals surface area (Å²) in [5.41, 5.74) is 0.773. The molecule has 9 nitrogen and oxygen atoms in total. The smallest absolute Gasteiger partial charge is 0.262 e. The third kappa shape index (κ3) is 4.91. The zero-order chi connectivity index (χ0) is 22.9. The van der Waals surface area contributed by atoms with E-state index in [-0.39, 0.29) is 35.8 Å². The molecule has 1 aliphatic rings. The Kier molecular flexibility index (Phi) is 6.73. The predicted molar refractivity (Wildman–Crippen MR) is 118 cm³/mol. The average Bonchev–Trinajstić information content (AvgIpc) is 3.08. The molecule has 0 saturated carbocycles. The van der Waals surface area contributed by atoms with Crippen LogP contribution in [0.2, 0.25) is 5.02 Å². The summed E-state index contributed by atoms with van der Waals surface area (Å²) in [7, 11) is 1.30. The number of benzene rings is 1. The van der Waals surface area contributed by atoms with Gasteiger partial charge in [-0.2, -0.15) is 4.31 Å². The number of halogens is 1. The van der Waals surface area contributed by atoms with Crippen LogP contribution in [0.5, 0.6) is 0 Å². The summed E-state index contributed by atoms with van der Waals surface area (Å²) in [6.45, 7) is 2.21. The Hall–Kier alpha value is -2.43. The molecule has 0 bridgehead atoms. The van der Waals surface area contributed by atoms with E-state index in [0.717, 1.165) is 0 Å². The van der Waals surface area contributed by atoms with Crippen molar-refractivity contribution in [2.45, 2.75) is 24.8 Å². The Bertz CT molecular complexity index is 1090. The molecule has 2 amide bonds. The SMILES string of the molecule is Cc1nc(S(=O)(=O)N2CCC(C(=O)Nc3ccc(Cl)c(C(=O)N(C)C)c3)CC2)cn1C. The standard InChI is InChI=1S/C20H26ClN5O4S/c1-13-22-18(12-25(13)4)31(29,30)26-9-7-14(8-10-26)19(27)23-15-5-6-17(21)16(11-15)20(28)24(2)3/h5-6,11-12,14H,7-10H2,1-4H3,(H,23,27). The minimum absolute atomic E-state index is 0.0228. The van der Waals surface area contributed by atoms with Crippen LogP contribution >= 0.6 is 11.6 Å². The van der Waals surface area contributed by atoms with Crippen LogP contribution < -0.4 is 5.32 Å². The van der Waals surface area contributed by atoms with E-state index in [2.05, 4.69) is 10.3 Å². The summed E-state index contributed by atoms with van der Waals surface area (Å²) >= 11 is 6.11. The highest BCUT2D eigenvalue weighted by Gasteiger charge is 2.33. The Labute approximate surface area is 187 Å². The van der Waals surface area contributed by atoms with Crippen molar-refractivity contribution in [1.29, 1.82) is 0 Å². The minimum Gasteiger partial charge on any atom is -0.345 e. The summed E-state index contributed by atoms with van der Waals surface area (Å²) < 4.78 is 28.7. The van der Waals surface area contributed by atoms with Gasteiger partial charge < -0.3 is 14.8 Å². The third-order valence-corrected chi connectivity index (χ3v) is 7.49. The lowest BCUT2D eigenvalue weighted by Gasteiger charge is -2.30. The van der Waals surface area contributed by atoms with Gasteiger partial charge in [0.05, 0.1) is 10.6 Å². The number of aromatic nitrogens is 2. The van der Waals surface area contributed by atoms with Gasteiger partial charge in [0.15, 0.2) is 5.03 Å². The van der Waals surface area contributed by atoms with Crippen LogP contribution in [0.4, 0.5) is 5.69 Å². The fourth-order valence-electron chi connectivity index (χ4n) is 3.39. The van der Waals surface area contributed by atoms with E-state index in [1.165, 1.54) is 15.4 Å². The predicted octanol–water partition coefficient (Wildman–Crippen LogP) is 2.12. The molecule has 1 aliphatic heterocycles. The summed E-state index contributed by atoms with van der Waals surface area (Å²) in [5.74, 6) is -0.191. The van der Waals surface area contributed by atoms with Gasteiger partial charge in [0.2, 0.25) is 5.91 Å². The lowest BCUT2D eigenvalue weighted by atomic mass is 9.97. The van der Waals surface area contributed by atoms with Crippen LogP contribution in [-0.4, -0.2) is 66.2 Å². The molecule has 2 heterocycles. The van der Waals surface area contributed by atoms with E-state index < -0.39 is 10.0 Å². The van der Waals surface area contributed by atoms with E-state index in [1.807, 2.05) is 0 Å². The van der Waals surface area contributed by atoms with Gasteiger partial charge in [-0.25, -0.2) is 13.4 Å². The number of nitrogens with one attached hydrogen (secondary N) is 1. The van der Waals surface area contributed by atoms with Gasteiger partial charge in [-0.05, 0) is 38.0 Å². The molecule has 168 valence electrons. The number of amides is 2. The molecule has 0 atom stereocenters. The first kappa shape index (κ1) is 23.2. The van der Waals surface area contributed by atoms with Crippen molar-refractivity contribution in [2.24, 2.45) is 13.0 Å². The number of nitrogens with zero attached hydrogens (tertiary/aromatic N) is 4.